The number of hydrogen-bond acceptors (Lipinski definition) is 0. The van der Waals surface area contributed by atoms with E-state index in [0.29, 0.717) is 0 Å². The van der Waals surface area contributed by atoms with Gasteiger partial charge in [-0.15, -0.1) is 6.07 Å². The van der Waals surface area contributed by atoms with Crippen molar-refractivity contribution in [1.29, 1.82) is 0 Å². The molecular weight excluding hydrogens is 319 g/mol. The molecule has 4 aromatic rings. The number of para-hydroxylation sites is 2. The summed E-state index contributed by atoms with van der Waals surface area (Å²) in [5.74, 6) is 0. The van der Waals surface area contributed by atoms with Crippen molar-refractivity contribution >= 4 is 21.8 Å². The number of fused-ring (bicyclic) bond motifs is 3. The summed E-state index contributed by atoms with van der Waals surface area (Å²) < 4.78 is 2.29. The third kappa shape index (κ3) is 2.02. The molecule has 93 valence electrons. The number of nitrogens with zero attached hydrogens (tertiary/aromatic N) is 1. The predicted octanol–water partition coefficient (Wildman–Crippen LogP) is 4.58. The van der Waals surface area contributed by atoms with Gasteiger partial charge >= 0.3 is 0 Å². The summed E-state index contributed by atoms with van der Waals surface area (Å²) in [6.45, 7) is 0. The molecule has 0 fully saturated rings. The first-order chi connectivity index (χ1) is 9.45. The van der Waals surface area contributed by atoms with Gasteiger partial charge in [0.2, 0.25) is 0 Å². The Hall–Kier alpha value is -1.44. The van der Waals surface area contributed by atoms with Gasteiger partial charge in [-0.05, 0) is 12.1 Å². The normalized spacial score (nSPS) is 10.6. The van der Waals surface area contributed by atoms with Crippen molar-refractivity contribution in [3.8, 4) is 5.69 Å². The van der Waals surface area contributed by atoms with Crippen LogP contribution in [0.4, 0.5) is 0 Å². The summed E-state index contributed by atoms with van der Waals surface area (Å²) in [5.41, 5.74) is 3.63. The molecular formula is C18H12NY-. The van der Waals surface area contributed by atoms with E-state index in [1.165, 1.54) is 21.8 Å². The fraction of sp³-hybridized carbons (Fsp3) is 0. The van der Waals surface area contributed by atoms with Crippen LogP contribution in [-0.4, -0.2) is 4.57 Å². The second-order valence-electron chi connectivity index (χ2n) is 4.63. The molecule has 1 radical (unpaired) electrons. The van der Waals surface area contributed by atoms with E-state index in [1.807, 2.05) is 18.2 Å². The Balaban J connectivity index is 0.00000121. The van der Waals surface area contributed by atoms with Crippen molar-refractivity contribution in [2.24, 2.45) is 0 Å². The molecule has 4 rings (SSSR count). The number of rotatable bonds is 1. The molecule has 0 aliphatic heterocycles. The van der Waals surface area contributed by atoms with Gasteiger partial charge in [0.1, 0.15) is 0 Å². The first-order valence-electron chi connectivity index (χ1n) is 6.40. The molecule has 3 aromatic carbocycles. The zero-order chi connectivity index (χ0) is 12.7. The van der Waals surface area contributed by atoms with E-state index < -0.39 is 0 Å². The number of hydrogen-bond donors (Lipinski definition) is 0. The van der Waals surface area contributed by atoms with Crippen LogP contribution in [0.25, 0.3) is 27.5 Å². The van der Waals surface area contributed by atoms with E-state index in [0.717, 1.165) is 5.69 Å². The molecule has 0 amide bonds. The second kappa shape index (κ2) is 5.51. The minimum Gasteiger partial charge on any atom is -0.364 e. The van der Waals surface area contributed by atoms with E-state index in [-0.39, 0.29) is 32.7 Å². The molecule has 0 aliphatic rings. The Morgan fingerprint density at radius 1 is 0.700 bits per heavy atom. The molecule has 0 saturated carbocycles. The maximum Gasteiger partial charge on any atom is 0.0425 e. The number of aromatic nitrogens is 1. The first kappa shape index (κ1) is 13.5. The van der Waals surface area contributed by atoms with Crippen LogP contribution in [0.15, 0.2) is 72.8 Å². The van der Waals surface area contributed by atoms with E-state index >= 15 is 0 Å². The van der Waals surface area contributed by atoms with Crippen molar-refractivity contribution in [3.05, 3.63) is 78.9 Å². The first-order valence-corrected chi connectivity index (χ1v) is 6.40. The minimum absolute atomic E-state index is 0. The van der Waals surface area contributed by atoms with Gasteiger partial charge < -0.3 is 4.57 Å². The molecule has 1 nitrogen and oxygen atoms in total. The van der Waals surface area contributed by atoms with Crippen LogP contribution in [0.2, 0.25) is 0 Å². The summed E-state index contributed by atoms with van der Waals surface area (Å²) in [6.07, 6.45) is 0. The Bertz CT molecular complexity index is 809. The van der Waals surface area contributed by atoms with Crippen LogP contribution in [0.5, 0.6) is 0 Å². The van der Waals surface area contributed by atoms with Gasteiger partial charge in [-0.2, -0.15) is 24.3 Å². The van der Waals surface area contributed by atoms with Crippen LogP contribution >= 0.6 is 0 Å². The zero-order valence-corrected chi connectivity index (χ0v) is 13.8. The molecule has 0 atom stereocenters. The van der Waals surface area contributed by atoms with Crippen LogP contribution in [0, 0.1) is 6.07 Å². The molecule has 0 bridgehead atoms. The topological polar surface area (TPSA) is 4.93 Å². The molecule has 20 heavy (non-hydrogen) atoms. The van der Waals surface area contributed by atoms with Gasteiger partial charge in [-0.25, -0.2) is 0 Å². The van der Waals surface area contributed by atoms with Crippen molar-refractivity contribution in [1.82, 2.24) is 4.57 Å². The van der Waals surface area contributed by atoms with Crippen molar-refractivity contribution in [2.75, 3.05) is 0 Å². The van der Waals surface area contributed by atoms with E-state index in [4.69, 9.17) is 0 Å². The predicted molar refractivity (Wildman–Crippen MR) is 79.6 cm³/mol. The minimum atomic E-state index is 0. The molecule has 1 heterocycles. The van der Waals surface area contributed by atoms with Crippen molar-refractivity contribution < 1.29 is 32.7 Å². The summed E-state index contributed by atoms with van der Waals surface area (Å²) in [5, 5.41) is 2.59. The second-order valence-corrected chi connectivity index (χ2v) is 4.63. The molecule has 2 heteroatoms. The fourth-order valence-corrected chi connectivity index (χ4v) is 2.72. The average Bonchev–Trinajstić information content (AvgIpc) is 2.83. The molecule has 0 spiro atoms. The monoisotopic (exact) mass is 331 g/mol. The van der Waals surface area contributed by atoms with Gasteiger partial charge in [0.05, 0.1) is 0 Å². The van der Waals surface area contributed by atoms with Gasteiger partial charge in [-0.1, -0.05) is 42.1 Å². The van der Waals surface area contributed by atoms with Gasteiger partial charge in [0.25, 0.3) is 0 Å². The summed E-state index contributed by atoms with van der Waals surface area (Å²) in [7, 11) is 0. The average molecular weight is 331 g/mol. The summed E-state index contributed by atoms with van der Waals surface area (Å²) in [6, 6.07) is 28.3. The number of benzene rings is 3. The van der Waals surface area contributed by atoms with Gasteiger partial charge in [-0.3, -0.25) is 0 Å². The van der Waals surface area contributed by atoms with Gasteiger partial charge in [0, 0.05) is 54.5 Å². The van der Waals surface area contributed by atoms with Crippen molar-refractivity contribution in [2.45, 2.75) is 0 Å². The van der Waals surface area contributed by atoms with Crippen LogP contribution in [-0.2, 0) is 32.7 Å². The van der Waals surface area contributed by atoms with E-state index in [2.05, 4.69) is 65.2 Å². The van der Waals surface area contributed by atoms with Gasteiger partial charge in [0.15, 0.2) is 0 Å². The van der Waals surface area contributed by atoms with E-state index in [9.17, 15) is 0 Å². The Morgan fingerprint density at radius 2 is 1.30 bits per heavy atom. The van der Waals surface area contributed by atoms with Crippen LogP contribution < -0.4 is 0 Å². The smallest absolute Gasteiger partial charge is 0.0425 e. The molecule has 0 saturated heterocycles. The quantitative estimate of drug-likeness (QED) is 0.450. The molecule has 0 N–H and O–H groups in total. The molecule has 0 aliphatic carbocycles. The van der Waals surface area contributed by atoms with Crippen LogP contribution in [0.3, 0.4) is 0 Å². The zero-order valence-electron chi connectivity index (χ0n) is 11.0. The maximum absolute atomic E-state index is 3.16. The fourth-order valence-electron chi connectivity index (χ4n) is 2.72. The van der Waals surface area contributed by atoms with Crippen LogP contribution in [0.1, 0.15) is 0 Å². The summed E-state index contributed by atoms with van der Waals surface area (Å²) >= 11 is 0. The van der Waals surface area contributed by atoms with E-state index in [1.54, 1.807) is 0 Å². The third-order valence-electron chi connectivity index (χ3n) is 3.53. The summed E-state index contributed by atoms with van der Waals surface area (Å²) in [4.78, 5) is 0. The largest absolute Gasteiger partial charge is 0.364 e. The maximum atomic E-state index is 3.16. The van der Waals surface area contributed by atoms with Crippen molar-refractivity contribution in [3.63, 3.8) is 0 Å². The molecule has 0 unspecified atom stereocenters. The molecule has 1 aromatic heterocycles. The Labute approximate surface area is 143 Å². The Kier molecular flexibility index (Phi) is 3.73. The SMILES string of the molecule is [Y].[c-]1cccc(-n2c3ccccc3c3ccccc32)c1. The third-order valence-corrected chi connectivity index (χ3v) is 3.53. The Morgan fingerprint density at radius 3 is 1.85 bits per heavy atom. The standard InChI is InChI=1S/C18H12N.Y/c1-2-8-14(9-3-1)19-17-12-6-4-10-15(17)16-11-5-7-13-18(16)19;/h1-2,4-13H;/q-1;.